The lowest BCUT2D eigenvalue weighted by Crippen LogP contribution is -2.30. The molecule has 2 aliphatic heterocycles. The molecule has 2 aliphatic rings. The van der Waals surface area contributed by atoms with Crippen molar-refractivity contribution >= 4 is 29.4 Å². The lowest BCUT2D eigenvalue weighted by molar-refractivity contribution is 0.0924. The molecule has 0 radical (unpaired) electrons. The summed E-state index contributed by atoms with van der Waals surface area (Å²) in [6.07, 6.45) is 2.07. The molecule has 4 aromatic rings. The molecule has 154 valence electrons. The van der Waals surface area contributed by atoms with E-state index in [1.807, 2.05) is 60.7 Å². The molecule has 0 spiro atoms. The molecule has 32 heavy (non-hydrogen) atoms. The van der Waals surface area contributed by atoms with Gasteiger partial charge in [0, 0.05) is 5.70 Å². The first-order valence-electron chi connectivity index (χ1n) is 10.2. The average Bonchev–Trinajstić information content (AvgIpc) is 3.38. The molecule has 0 unspecified atom stereocenters. The van der Waals surface area contributed by atoms with Crippen LogP contribution in [0, 0.1) is 0 Å². The molecular formula is C25H17N5O2. The zero-order chi connectivity index (χ0) is 21.7. The summed E-state index contributed by atoms with van der Waals surface area (Å²) in [5, 5.41) is 7.89. The number of rotatable bonds is 3. The number of nitrogens with one attached hydrogen (secondary N) is 1. The normalized spacial score (nSPS) is 16.9. The molecule has 0 saturated carbocycles. The van der Waals surface area contributed by atoms with Gasteiger partial charge in [0.15, 0.2) is 0 Å². The maximum absolute atomic E-state index is 12.9. The lowest BCUT2D eigenvalue weighted by Gasteiger charge is -2.24. The first-order chi connectivity index (χ1) is 15.7. The number of allylic oxidation sites excluding steroid dienone is 1. The highest BCUT2D eigenvalue weighted by molar-refractivity contribution is 6.33. The van der Waals surface area contributed by atoms with Crippen LogP contribution in [-0.2, 0) is 0 Å². The highest BCUT2D eigenvalue weighted by atomic mass is 16.2. The van der Waals surface area contributed by atoms with E-state index in [-0.39, 0.29) is 12.0 Å². The fraction of sp³-hybridized carbons (Fsp3) is 0.0400. The van der Waals surface area contributed by atoms with E-state index in [1.165, 1.54) is 0 Å². The number of nitrogens with zero attached hydrogens (tertiary/aromatic N) is 4. The summed E-state index contributed by atoms with van der Waals surface area (Å²) in [5.41, 5.74) is 3.63. The summed E-state index contributed by atoms with van der Waals surface area (Å²) in [7, 11) is 0. The zero-order valence-corrected chi connectivity index (χ0v) is 16.8. The van der Waals surface area contributed by atoms with Crippen molar-refractivity contribution in [3.8, 4) is 0 Å². The number of benzene rings is 3. The summed E-state index contributed by atoms with van der Waals surface area (Å²) in [4.78, 5) is 31.5. The predicted octanol–water partition coefficient (Wildman–Crippen LogP) is 4.13. The summed E-state index contributed by atoms with van der Waals surface area (Å²) in [5.74, 6) is -0.309. The van der Waals surface area contributed by atoms with Crippen molar-refractivity contribution in [1.82, 2.24) is 14.8 Å². The predicted molar refractivity (Wildman–Crippen MR) is 120 cm³/mol. The van der Waals surface area contributed by atoms with E-state index in [4.69, 9.17) is 0 Å². The monoisotopic (exact) mass is 419 g/mol. The molecule has 0 fully saturated rings. The van der Waals surface area contributed by atoms with E-state index in [0.717, 1.165) is 21.7 Å². The minimum absolute atomic E-state index is 0.0577. The third kappa shape index (κ3) is 2.75. The van der Waals surface area contributed by atoms with Gasteiger partial charge in [0.2, 0.25) is 5.95 Å². The standard InChI is InChI=1S/C25H17N5O2/c31-22-18-13-7-8-14-19(18)23(32)29(22)25-27-24-26-20(16-9-3-1-4-10-16)15-21(30(24)28-25)17-11-5-2-6-12-17/h1-15,21H,(H,26,27,28)/t21-/m1/s1. The first kappa shape index (κ1) is 18.3. The van der Waals surface area contributed by atoms with E-state index in [0.29, 0.717) is 17.1 Å². The van der Waals surface area contributed by atoms with Gasteiger partial charge in [-0.1, -0.05) is 72.8 Å². The Bertz CT molecular complexity index is 1360. The first-order valence-corrected chi connectivity index (χ1v) is 10.2. The van der Waals surface area contributed by atoms with Crippen LogP contribution in [0.2, 0.25) is 0 Å². The van der Waals surface area contributed by atoms with Crippen LogP contribution < -0.4 is 10.2 Å². The number of aromatic nitrogens is 3. The van der Waals surface area contributed by atoms with Crippen molar-refractivity contribution in [3.63, 3.8) is 0 Å². The second-order valence-corrected chi connectivity index (χ2v) is 7.60. The molecular weight excluding hydrogens is 402 g/mol. The van der Waals surface area contributed by atoms with Crippen LogP contribution >= 0.6 is 0 Å². The van der Waals surface area contributed by atoms with Crippen LogP contribution in [0.4, 0.5) is 11.9 Å². The van der Waals surface area contributed by atoms with Crippen LogP contribution in [0.5, 0.6) is 0 Å². The van der Waals surface area contributed by atoms with E-state index in [1.54, 1.807) is 28.9 Å². The van der Waals surface area contributed by atoms with Crippen molar-refractivity contribution in [2.75, 3.05) is 10.2 Å². The summed E-state index contributed by atoms with van der Waals surface area (Å²) < 4.78 is 1.71. The van der Waals surface area contributed by atoms with Crippen LogP contribution in [0.25, 0.3) is 5.70 Å². The van der Waals surface area contributed by atoms with Crippen LogP contribution in [-0.4, -0.2) is 26.6 Å². The van der Waals surface area contributed by atoms with E-state index >= 15 is 0 Å². The quantitative estimate of drug-likeness (QED) is 0.505. The Morgan fingerprint density at radius 1 is 0.750 bits per heavy atom. The van der Waals surface area contributed by atoms with Gasteiger partial charge in [0.25, 0.3) is 17.8 Å². The highest BCUT2D eigenvalue weighted by Gasteiger charge is 2.40. The number of fused-ring (bicyclic) bond motifs is 2. The van der Waals surface area contributed by atoms with Gasteiger partial charge in [0.1, 0.15) is 6.04 Å². The molecule has 1 atom stereocenters. The smallest absolute Gasteiger partial charge is 0.268 e. The van der Waals surface area contributed by atoms with Crippen molar-refractivity contribution in [1.29, 1.82) is 0 Å². The molecule has 1 N–H and O–H groups in total. The second-order valence-electron chi connectivity index (χ2n) is 7.60. The van der Waals surface area contributed by atoms with Crippen LogP contribution in [0.1, 0.15) is 37.9 Å². The van der Waals surface area contributed by atoms with Gasteiger partial charge >= 0.3 is 0 Å². The SMILES string of the molecule is O=C1c2ccccc2C(=O)N1c1nc2n(n1)[C@@H](c1ccccc1)C=C(c1ccccc1)N2. The van der Waals surface area contributed by atoms with Gasteiger partial charge in [-0.05, 0) is 29.3 Å². The molecule has 2 amide bonds. The number of hydrogen-bond acceptors (Lipinski definition) is 5. The molecule has 6 rings (SSSR count). The Hall–Kier alpha value is -4.52. The molecule has 1 aromatic heterocycles. The Labute approximate surface area is 183 Å². The molecule has 3 aromatic carbocycles. The molecule has 0 aliphatic carbocycles. The fourth-order valence-electron chi connectivity index (χ4n) is 4.12. The lowest BCUT2D eigenvalue weighted by atomic mass is 10.0. The topological polar surface area (TPSA) is 80.1 Å². The number of hydrogen-bond donors (Lipinski definition) is 1. The van der Waals surface area contributed by atoms with E-state index in [2.05, 4.69) is 21.5 Å². The highest BCUT2D eigenvalue weighted by Crippen LogP contribution is 2.35. The van der Waals surface area contributed by atoms with Crippen LogP contribution in [0.3, 0.4) is 0 Å². The molecule has 0 bridgehead atoms. The van der Waals surface area contributed by atoms with Crippen molar-refractivity contribution in [2.24, 2.45) is 0 Å². The van der Waals surface area contributed by atoms with Crippen LogP contribution in [0.15, 0.2) is 91.0 Å². The van der Waals surface area contributed by atoms with E-state index in [9.17, 15) is 9.59 Å². The number of anilines is 2. The zero-order valence-electron chi connectivity index (χ0n) is 16.8. The maximum Gasteiger partial charge on any atom is 0.268 e. The number of imide groups is 1. The summed E-state index contributed by atoms with van der Waals surface area (Å²) in [6, 6.07) is 26.4. The largest absolute Gasteiger partial charge is 0.324 e. The number of amides is 2. The Morgan fingerprint density at radius 2 is 1.34 bits per heavy atom. The summed E-state index contributed by atoms with van der Waals surface area (Å²) >= 11 is 0. The second kappa shape index (κ2) is 7.02. The number of carbonyl (C=O) groups is 2. The third-order valence-electron chi connectivity index (χ3n) is 5.67. The van der Waals surface area contributed by atoms with Gasteiger partial charge in [-0.2, -0.15) is 4.98 Å². The Balaban J connectivity index is 1.46. The minimum atomic E-state index is -0.416. The van der Waals surface area contributed by atoms with Gasteiger partial charge in [-0.3, -0.25) is 9.59 Å². The Morgan fingerprint density at radius 3 is 2.00 bits per heavy atom. The van der Waals surface area contributed by atoms with E-state index < -0.39 is 11.8 Å². The molecule has 7 heteroatoms. The molecule has 0 saturated heterocycles. The van der Waals surface area contributed by atoms with Gasteiger partial charge in [0.05, 0.1) is 11.1 Å². The average molecular weight is 419 g/mol. The number of carbonyl (C=O) groups excluding carboxylic acids is 2. The minimum Gasteiger partial charge on any atom is -0.324 e. The van der Waals surface area contributed by atoms with Crippen molar-refractivity contribution in [3.05, 3.63) is 113 Å². The third-order valence-corrected chi connectivity index (χ3v) is 5.67. The Kier molecular flexibility index (Phi) is 4.01. The van der Waals surface area contributed by atoms with Gasteiger partial charge in [-0.15, -0.1) is 5.10 Å². The van der Waals surface area contributed by atoms with Crippen molar-refractivity contribution < 1.29 is 9.59 Å². The molecule has 7 nitrogen and oxygen atoms in total. The maximum atomic E-state index is 12.9. The van der Waals surface area contributed by atoms with Gasteiger partial charge < -0.3 is 5.32 Å². The van der Waals surface area contributed by atoms with Crippen molar-refractivity contribution in [2.45, 2.75) is 6.04 Å². The fourth-order valence-corrected chi connectivity index (χ4v) is 4.12. The molecule has 3 heterocycles. The van der Waals surface area contributed by atoms with Gasteiger partial charge in [-0.25, -0.2) is 9.58 Å². The summed E-state index contributed by atoms with van der Waals surface area (Å²) in [6.45, 7) is 0.